The number of benzene rings is 1. The molecule has 1 aromatic rings. The molecule has 0 N–H and O–H groups in total. The van der Waals surface area contributed by atoms with Crippen LogP contribution in [0.5, 0.6) is 0 Å². The number of fused-ring (bicyclic) bond motifs is 3. The van der Waals surface area contributed by atoms with Crippen LogP contribution in [0.25, 0.3) is 0 Å². The highest BCUT2D eigenvalue weighted by Gasteiger charge is 2.55. The van der Waals surface area contributed by atoms with Gasteiger partial charge < -0.3 is 4.74 Å². The molecule has 0 saturated heterocycles. The summed E-state index contributed by atoms with van der Waals surface area (Å²) in [7, 11) is 1.61. The molecule has 2 aliphatic rings. The van der Waals surface area contributed by atoms with E-state index < -0.39 is 11.5 Å². The van der Waals surface area contributed by atoms with Crippen molar-refractivity contribution in [3.63, 3.8) is 0 Å². The Morgan fingerprint density at radius 1 is 1.28 bits per heavy atom. The van der Waals surface area contributed by atoms with Crippen molar-refractivity contribution < 1.29 is 14.3 Å². The van der Waals surface area contributed by atoms with Crippen LogP contribution in [0.15, 0.2) is 35.9 Å². The monoisotopic (exact) mass is 242 g/mol. The van der Waals surface area contributed by atoms with Crippen LogP contribution in [0.3, 0.4) is 0 Å². The molecular formula is C15H14O3. The normalized spacial score (nSPS) is 29.9. The number of Topliss-reactive ketones (excluding diaryl/α,β-unsaturated/α-hetero) is 1. The van der Waals surface area contributed by atoms with Gasteiger partial charge in [0, 0.05) is 19.1 Å². The highest BCUT2D eigenvalue weighted by molar-refractivity contribution is 6.08. The molecule has 3 heteroatoms. The van der Waals surface area contributed by atoms with Gasteiger partial charge in [0.1, 0.15) is 5.60 Å². The van der Waals surface area contributed by atoms with Crippen LogP contribution in [0.2, 0.25) is 0 Å². The Kier molecular flexibility index (Phi) is 2.29. The van der Waals surface area contributed by atoms with Crippen molar-refractivity contribution >= 4 is 11.6 Å². The summed E-state index contributed by atoms with van der Waals surface area (Å²) in [5.74, 6) is -0.378. The molecule has 2 aliphatic carbocycles. The average molecular weight is 242 g/mol. The van der Waals surface area contributed by atoms with Crippen molar-refractivity contribution in [2.24, 2.45) is 5.92 Å². The third-order valence-corrected chi connectivity index (χ3v) is 4.09. The number of rotatable bonds is 1. The van der Waals surface area contributed by atoms with Crippen LogP contribution in [-0.2, 0) is 15.1 Å². The van der Waals surface area contributed by atoms with E-state index in [-0.39, 0.29) is 18.0 Å². The number of allylic oxidation sites excluding steroid dienone is 1. The molecular weight excluding hydrogens is 228 g/mol. The van der Waals surface area contributed by atoms with E-state index in [9.17, 15) is 9.59 Å². The summed E-state index contributed by atoms with van der Waals surface area (Å²) >= 11 is 0. The molecule has 2 unspecified atom stereocenters. The van der Waals surface area contributed by atoms with Gasteiger partial charge in [-0.3, -0.25) is 9.59 Å². The molecule has 92 valence electrons. The van der Waals surface area contributed by atoms with Crippen molar-refractivity contribution in [1.29, 1.82) is 0 Å². The van der Waals surface area contributed by atoms with Crippen LogP contribution in [0, 0.1) is 5.92 Å². The summed E-state index contributed by atoms with van der Waals surface area (Å²) in [6.45, 7) is 1.86. The number of hydrogen-bond donors (Lipinski definition) is 0. The second-order valence-electron chi connectivity index (χ2n) is 4.90. The minimum Gasteiger partial charge on any atom is -0.368 e. The average Bonchev–Trinajstić information content (AvgIpc) is 2.61. The van der Waals surface area contributed by atoms with Gasteiger partial charge in [-0.05, 0) is 24.1 Å². The number of carbonyl (C=O) groups is 2. The Hall–Kier alpha value is -1.74. The van der Waals surface area contributed by atoms with Gasteiger partial charge in [-0.25, -0.2) is 0 Å². The lowest BCUT2D eigenvalue weighted by atomic mass is 9.74. The van der Waals surface area contributed by atoms with Gasteiger partial charge in [-0.15, -0.1) is 0 Å². The molecule has 0 spiro atoms. The van der Waals surface area contributed by atoms with Gasteiger partial charge >= 0.3 is 0 Å². The number of hydrogen-bond acceptors (Lipinski definition) is 3. The van der Waals surface area contributed by atoms with E-state index in [4.69, 9.17) is 4.74 Å². The summed E-state index contributed by atoms with van der Waals surface area (Å²) < 4.78 is 5.72. The fourth-order valence-corrected chi connectivity index (χ4v) is 3.33. The molecule has 2 atom stereocenters. The molecule has 3 rings (SSSR count). The number of ether oxygens (including phenoxy) is 1. The standard InChI is InChI=1S/C15H14O3/c1-9-7-10(16)8-13-14(17)11-5-3-4-6-12(11)15(9,13)18-2/h3-7,13H,8H2,1-2H3. The molecule has 0 aliphatic heterocycles. The molecule has 0 aromatic heterocycles. The molecule has 3 nitrogen and oxygen atoms in total. The van der Waals surface area contributed by atoms with Crippen LogP contribution < -0.4 is 0 Å². The molecule has 18 heavy (non-hydrogen) atoms. The smallest absolute Gasteiger partial charge is 0.170 e. The second-order valence-corrected chi connectivity index (χ2v) is 4.90. The van der Waals surface area contributed by atoms with E-state index in [1.807, 2.05) is 31.2 Å². The summed E-state index contributed by atoms with van der Waals surface area (Å²) in [6.07, 6.45) is 1.84. The quantitative estimate of drug-likeness (QED) is 0.758. The van der Waals surface area contributed by atoms with Crippen molar-refractivity contribution in [3.05, 3.63) is 47.0 Å². The topological polar surface area (TPSA) is 43.4 Å². The highest BCUT2D eigenvalue weighted by Crippen LogP contribution is 2.51. The van der Waals surface area contributed by atoms with Crippen LogP contribution >= 0.6 is 0 Å². The first kappa shape index (κ1) is 11.4. The van der Waals surface area contributed by atoms with E-state index in [2.05, 4.69) is 0 Å². The Morgan fingerprint density at radius 2 is 2.00 bits per heavy atom. The minimum atomic E-state index is -0.735. The van der Waals surface area contributed by atoms with E-state index in [0.29, 0.717) is 5.56 Å². The van der Waals surface area contributed by atoms with Crippen LogP contribution in [-0.4, -0.2) is 18.7 Å². The first-order chi connectivity index (χ1) is 8.61. The van der Waals surface area contributed by atoms with Gasteiger partial charge in [-0.2, -0.15) is 0 Å². The Morgan fingerprint density at radius 3 is 2.72 bits per heavy atom. The zero-order valence-electron chi connectivity index (χ0n) is 10.4. The second kappa shape index (κ2) is 3.62. The fourth-order valence-electron chi connectivity index (χ4n) is 3.33. The molecule has 0 heterocycles. The summed E-state index contributed by atoms with van der Waals surface area (Å²) in [5.41, 5.74) is 1.67. The Bertz CT molecular complexity index is 585. The fraction of sp³-hybridized carbons (Fsp3) is 0.333. The maximum absolute atomic E-state index is 12.4. The number of methoxy groups -OCH3 is 1. The van der Waals surface area contributed by atoms with Crippen LogP contribution in [0.4, 0.5) is 0 Å². The number of carbonyl (C=O) groups excluding carboxylic acids is 2. The maximum atomic E-state index is 12.4. The SMILES string of the molecule is COC12C(C)=CC(=O)CC1C(=O)c1ccccc12. The van der Waals surface area contributed by atoms with E-state index in [0.717, 1.165) is 11.1 Å². The lowest BCUT2D eigenvalue weighted by Gasteiger charge is -2.37. The van der Waals surface area contributed by atoms with Gasteiger partial charge in [0.25, 0.3) is 0 Å². The minimum absolute atomic E-state index is 0.00586. The largest absolute Gasteiger partial charge is 0.368 e. The predicted molar refractivity (Wildman–Crippen MR) is 66.3 cm³/mol. The summed E-state index contributed by atoms with van der Waals surface area (Å²) in [5, 5.41) is 0. The first-order valence-electron chi connectivity index (χ1n) is 6.01. The zero-order valence-corrected chi connectivity index (χ0v) is 10.4. The molecule has 0 radical (unpaired) electrons. The van der Waals surface area contributed by atoms with Crippen molar-refractivity contribution in [2.75, 3.05) is 7.11 Å². The van der Waals surface area contributed by atoms with Crippen molar-refractivity contribution in [2.45, 2.75) is 18.9 Å². The van der Waals surface area contributed by atoms with E-state index in [1.54, 1.807) is 13.2 Å². The molecule has 0 fully saturated rings. The van der Waals surface area contributed by atoms with Crippen molar-refractivity contribution in [3.8, 4) is 0 Å². The Balaban J connectivity index is 2.32. The maximum Gasteiger partial charge on any atom is 0.170 e. The zero-order chi connectivity index (χ0) is 12.9. The summed E-state index contributed by atoms with van der Waals surface area (Å²) in [4.78, 5) is 24.1. The van der Waals surface area contributed by atoms with E-state index >= 15 is 0 Å². The van der Waals surface area contributed by atoms with Gasteiger partial charge in [0.15, 0.2) is 11.6 Å². The predicted octanol–water partition coefficient (Wildman–Crippen LogP) is 2.26. The van der Waals surface area contributed by atoms with Gasteiger partial charge in [0.05, 0.1) is 5.92 Å². The van der Waals surface area contributed by atoms with Gasteiger partial charge in [-0.1, -0.05) is 24.3 Å². The lowest BCUT2D eigenvalue weighted by Crippen LogP contribution is -2.41. The third-order valence-electron chi connectivity index (χ3n) is 4.09. The van der Waals surface area contributed by atoms with E-state index in [1.165, 1.54) is 0 Å². The number of ketones is 2. The molecule has 0 saturated carbocycles. The molecule has 0 bridgehead atoms. The Labute approximate surface area is 105 Å². The summed E-state index contributed by atoms with van der Waals surface area (Å²) in [6, 6.07) is 7.48. The van der Waals surface area contributed by atoms with Gasteiger partial charge in [0.2, 0.25) is 0 Å². The van der Waals surface area contributed by atoms with Crippen molar-refractivity contribution in [1.82, 2.24) is 0 Å². The molecule has 1 aromatic carbocycles. The molecule has 0 amide bonds. The highest BCUT2D eigenvalue weighted by atomic mass is 16.5. The third kappa shape index (κ3) is 1.17. The first-order valence-corrected chi connectivity index (χ1v) is 6.01. The van der Waals surface area contributed by atoms with Crippen LogP contribution in [0.1, 0.15) is 29.3 Å². The lowest BCUT2D eigenvalue weighted by molar-refractivity contribution is -0.119.